The Morgan fingerprint density at radius 1 is 1.50 bits per heavy atom. The molecular weight excluding hydrogens is 224 g/mol. The van der Waals surface area contributed by atoms with E-state index in [4.69, 9.17) is 4.74 Å². The summed E-state index contributed by atoms with van der Waals surface area (Å²) in [7, 11) is 0. The summed E-state index contributed by atoms with van der Waals surface area (Å²) in [5.74, 6) is 0.616. The summed E-state index contributed by atoms with van der Waals surface area (Å²) in [6.45, 7) is 5.42. The van der Waals surface area contributed by atoms with E-state index in [9.17, 15) is 4.79 Å². The molecule has 0 saturated heterocycles. The summed E-state index contributed by atoms with van der Waals surface area (Å²) >= 11 is 0. The smallest absolute Gasteiger partial charge is 0.335 e. The maximum absolute atomic E-state index is 11.4. The molecule has 0 heterocycles. The first kappa shape index (κ1) is 12.6. The van der Waals surface area contributed by atoms with Gasteiger partial charge in [0.2, 0.25) is 0 Å². The Bertz CT molecular complexity index is 486. The number of rotatable bonds is 3. The molecule has 0 amide bonds. The Morgan fingerprint density at radius 2 is 2.33 bits per heavy atom. The molecule has 0 bridgehead atoms. The van der Waals surface area contributed by atoms with Crippen LogP contribution in [0.1, 0.15) is 36.3 Å². The normalized spacial score (nSPS) is 18.4. The van der Waals surface area contributed by atoms with Crippen molar-refractivity contribution in [2.24, 2.45) is 0 Å². The van der Waals surface area contributed by atoms with Gasteiger partial charge in [-0.3, -0.25) is 0 Å². The Hall–Kier alpha value is -1.83. The molecule has 1 atom stereocenters. The Labute approximate surface area is 108 Å². The molecule has 2 heteroatoms. The van der Waals surface area contributed by atoms with Crippen LogP contribution in [0.4, 0.5) is 0 Å². The number of aryl methyl sites for hydroxylation is 1. The summed E-state index contributed by atoms with van der Waals surface area (Å²) in [6.07, 6.45) is 9.04. The summed E-state index contributed by atoms with van der Waals surface area (Å²) in [5.41, 5.74) is 2.18. The minimum absolute atomic E-state index is 0.354. The van der Waals surface area contributed by atoms with Crippen LogP contribution in [-0.4, -0.2) is 5.97 Å². The van der Waals surface area contributed by atoms with Crippen LogP contribution in [0.25, 0.3) is 0 Å². The Kier molecular flexibility index (Phi) is 3.98. The van der Waals surface area contributed by atoms with Crippen LogP contribution in [0.15, 0.2) is 43.0 Å². The minimum atomic E-state index is -0.401. The molecule has 18 heavy (non-hydrogen) atoms. The van der Waals surface area contributed by atoms with Gasteiger partial charge >= 0.3 is 5.97 Å². The number of carbonyl (C=O) groups is 1. The topological polar surface area (TPSA) is 26.3 Å². The predicted molar refractivity (Wildman–Crippen MR) is 72.7 cm³/mol. The fraction of sp³-hybridized carbons (Fsp3) is 0.312. The van der Waals surface area contributed by atoms with Crippen LogP contribution < -0.4 is 4.74 Å². The third-order valence-corrected chi connectivity index (χ3v) is 3.20. The van der Waals surface area contributed by atoms with Crippen LogP contribution in [0.3, 0.4) is 0 Å². The molecule has 1 aliphatic rings. The molecule has 1 unspecified atom stereocenters. The lowest BCUT2D eigenvalue weighted by Gasteiger charge is -2.19. The van der Waals surface area contributed by atoms with Crippen molar-refractivity contribution in [2.75, 3.05) is 0 Å². The van der Waals surface area contributed by atoms with E-state index >= 15 is 0 Å². The van der Waals surface area contributed by atoms with Crippen LogP contribution >= 0.6 is 0 Å². The second kappa shape index (κ2) is 5.67. The number of hydrogen-bond donors (Lipinski definition) is 0. The van der Waals surface area contributed by atoms with Gasteiger partial charge in [-0.25, -0.2) is 4.79 Å². The first-order valence-corrected chi connectivity index (χ1v) is 6.32. The van der Waals surface area contributed by atoms with E-state index in [-0.39, 0.29) is 0 Å². The molecule has 0 radical (unpaired) electrons. The fourth-order valence-electron chi connectivity index (χ4n) is 2.26. The van der Waals surface area contributed by atoms with Crippen molar-refractivity contribution in [2.45, 2.75) is 32.1 Å². The highest BCUT2D eigenvalue weighted by atomic mass is 16.5. The number of allylic oxidation sites excluding steroid dienone is 2. The molecule has 0 fully saturated rings. The first-order chi connectivity index (χ1) is 8.70. The van der Waals surface area contributed by atoms with Gasteiger partial charge in [-0.2, -0.15) is 0 Å². The van der Waals surface area contributed by atoms with Gasteiger partial charge in [-0.05, 0) is 37.8 Å². The summed E-state index contributed by atoms with van der Waals surface area (Å²) in [5, 5.41) is 0. The number of esters is 1. The Morgan fingerprint density at radius 3 is 3.00 bits per heavy atom. The van der Waals surface area contributed by atoms with Crippen LogP contribution in [0, 0.1) is 6.92 Å². The average Bonchev–Trinajstić information content (AvgIpc) is 2.40. The van der Waals surface area contributed by atoms with Crippen LogP contribution in [0.2, 0.25) is 0 Å². The zero-order chi connectivity index (χ0) is 13.0. The van der Waals surface area contributed by atoms with Gasteiger partial charge in [0.05, 0.1) is 0 Å². The lowest BCUT2D eigenvalue weighted by atomic mass is 9.88. The fourth-order valence-corrected chi connectivity index (χ4v) is 2.26. The molecule has 94 valence electrons. The van der Waals surface area contributed by atoms with Gasteiger partial charge in [0.1, 0.15) is 5.75 Å². The molecule has 2 rings (SSSR count). The van der Waals surface area contributed by atoms with Gasteiger partial charge in [0.25, 0.3) is 0 Å². The van der Waals surface area contributed by atoms with Crippen molar-refractivity contribution in [3.05, 3.63) is 54.1 Å². The second-order valence-electron chi connectivity index (χ2n) is 4.63. The molecule has 1 aliphatic carbocycles. The van der Waals surface area contributed by atoms with E-state index in [1.807, 2.05) is 13.0 Å². The van der Waals surface area contributed by atoms with Gasteiger partial charge in [0.15, 0.2) is 0 Å². The number of hydrogen-bond acceptors (Lipinski definition) is 2. The van der Waals surface area contributed by atoms with E-state index in [0.29, 0.717) is 11.7 Å². The van der Waals surface area contributed by atoms with E-state index < -0.39 is 5.97 Å². The van der Waals surface area contributed by atoms with Crippen molar-refractivity contribution in [3.8, 4) is 5.75 Å². The molecule has 0 aliphatic heterocycles. The van der Waals surface area contributed by atoms with Gasteiger partial charge in [-0.15, -0.1) is 0 Å². The van der Waals surface area contributed by atoms with Crippen molar-refractivity contribution in [3.63, 3.8) is 0 Å². The molecule has 0 spiro atoms. The van der Waals surface area contributed by atoms with E-state index in [1.54, 1.807) is 0 Å². The summed E-state index contributed by atoms with van der Waals surface area (Å²) in [6, 6.07) is 6.03. The van der Waals surface area contributed by atoms with E-state index in [1.165, 1.54) is 12.5 Å². The largest absolute Gasteiger partial charge is 0.423 e. The molecule has 0 aromatic heterocycles. The van der Waals surface area contributed by atoms with Gasteiger partial charge in [0, 0.05) is 17.6 Å². The predicted octanol–water partition coefficient (Wildman–Crippen LogP) is 3.91. The highest BCUT2D eigenvalue weighted by molar-refractivity contribution is 5.83. The first-order valence-electron chi connectivity index (χ1n) is 6.32. The SMILES string of the molecule is C=CC(=O)Oc1cc(C)ccc1C1C=CCCC1. The lowest BCUT2D eigenvalue weighted by molar-refractivity contribution is -0.129. The van der Waals surface area contributed by atoms with Crippen molar-refractivity contribution in [1.82, 2.24) is 0 Å². The average molecular weight is 242 g/mol. The standard InChI is InChI=1S/C16H18O2/c1-3-16(17)18-15-11-12(2)9-10-14(15)13-7-5-4-6-8-13/h3,5,7,9-11,13H,1,4,6,8H2,2H3. The minimum Gasteiger partial charge on any atom is -0.423 e. The number of ether oxygens (including phenoxy) is 1. The number of benzene rings is 1. The van der Waals surface area contributed by atoms with Crippen LogP contribution in [-0.2, 0) is 4.79 Å². The maximum atomic E-state index is 11.4. The zero-order valence-corrected chi connectivity index (χ0v) is 10.7. The number of carbonyl (C=O) groups excluding carboxylic acids is 1. The Balaban J connectivity index is 2.33. The summed E-state index contributed by atoms with van der Waals surface area (Å²) < 4.78 is 5.34. The third-order valence-electron chi connectivity index (χ3n) is 3.20. The third kappa shape index (κ3) is 2.89. The molecule has 1 aromatic carbocycles. The van der Waals surface area contributed by atoms with Crippen molar-refractivity contribution >= 4 is 5.97 Å². The maximum Gasteiger partial charge on any atom is 0.335 e. The lowest BCUT2D eigenvalue weighted by Crippen LogP contribution is -2.08. The summed E-state index contributed by atoms with van der Waals surface area (Å²) in [4.78, 5) is 11.4. The molecule has 1 aromatic rings. The van der Waals surface area contributed by atoms with E-state index in [0.717, 1.165) is 24.0 Å². The van der Waals surface area contributed by atoms with Crippen molar-refractivity contribution in [1.29, 1.82) is 0 Å². The highest BCUT2D eigenvalue weighted by Crippen LogP contribution is 2.34. The molecule has 2 nitrogen and oxygen atoms in total. The quantitative estimate of drug-likeness (QED) is 0.347. The second-order valence-corrected chi connectivity index (χ2v) is 4.63. The highest BCUT2D eigenvalue weighted by Gasteiger charge is 2.17. The van der Waals surface area contributed by atoms with E-state index in [2.05, 4.69) is 30.9 Å². The van der Waals surface area contributed by atoms with Crippen molar-refractivity contribution < 1.29 is 9.53 Å². The monoisotopic (exact) mass is 242 g/mol. The van der Waals surface area contributed by atoms with Gasteiger partial charge < -0.3 is 4.74 Å². The molecular formula is C16H18O2. The van der Waals surface area contributed by atoms with Gasteiger partial charge in [-0.1, -0.05) is 30.9 Å². The molecule has 0 N–H and O–H groups in total. The molecule has 0 saturated carbocycles. The zero-order valence-electron chi connectivity index (χ0n) is 10.7. The van der Waals surface area contributed by atoms with Crippen LogP contribution in [0.5, 0.6) is 5.75 Å².